The molecule has 1 fully saturated rings. The first-order valence-corrected chi connectivity index (χ1v) is 7.45. The number of halogens is 1. The Balaban J connectivity index is 1.80. The number of methoxy groups -OCH3 is 1. The number of aromatic nitrogens is 2. The maximum absolute atomic E-state index is 15.3. The highest BCUT2D eigenvalue weighted by Crippen LogP contribution is 2.38. The van der Waals surface area contributed by atoms with Crippen LogP contribution in [0.2, 0.25) is 0 Å². The van der Waals surface area contributed by atoms with E-state index < -0.39 is 11.6 Å². The van der Waals surface area contributed by atoms with Crippen LogP contribution in [0.15, 0.2) is 36.4 Å². The molecule has 1 aromatic heterocycles. The number of nitrogens with zero attached hydrogens (tertiary/aromatic N) is 3. The van der Waals surface area contributed by atoms with Crippen LogP contribution in [-0.4, -0.2) is 36.4 Å². The molecule has 1 unspecified atom stereocenters. The second-order valence-electron chi connectivity index (χ2n) is 5.72. The van der Waals surface area contributed by atoms with Gasteiger partial charge in [0.25, 0.3) is 0 Å². The normalized spacial score (nSPS) is 20.6. The van der Waals surface area contributed by atoms with E-state index in [1.165, 1.54) is 7.11 Å². The molecule has 1 aliphatic rings. The summed E-state index contributed by atoms with van der Waals surface area (Å²) < 4.78 is 19.9. The molecule has 6 heteroatoms. The summed E-state index contributed by atoms with van der Waals surface area (Å²) in [7, 11) is 1.29. The minimum atomic E-state index is -1.39. The van der Waals surface area contributed by atoms with E-state index in [0.29, 0.717) is 18.8 Å². The molecule has 2 aromatic rings. The van der Waals surface area contributed by atoms with Crippen molar-refractivity contribution >= 4 is 11.8 Å². The number of esters is 1. The molecule has 3 rings (SSSR count). The molecule has 23 heavy (non-hydrogen) atoms. The average Bonchev–Trinajstić information content (AvgIpc) is 2.98. The van der Waals surface area contributed by atoms with Crippen LogP contribution in [0.1, 0.15) is 28.0 Å². The number of carbonyl (C=O) groups excluding carboxylic acids is 1. The predicted octanol–water partition coefficient (Wildman–Crippen LogP) is 2.65. The first-order valence-electron chi connectivity index (χ1n) is 7.45. The zero-order valence-electron chi connectivity index (χ0n) is 13.1. The lowest BCUT2D eigenvalue weighted by Crippen LogP contribution is -2.28. The third-order valence-corrected chi connectivity index (χ3v) is 4.22. The zero-order chi connectivity index (χ0) is 16.4. The van der Waals surface area contributed by atoms with Crippen LogP contribution in [0, 0.1) is 6.92 Å². The number of alkyl halides is 1. The lowest BCUT2D eigenvalue weighted by atomic mass is 9.91. The van der Waals surface area contributed by atoms with E-state index in [-0.39, 0.29) is 12.2 Å². The first-order chi connectivity index (χ1) is 11.0. The molecule has 0 radical (unpaired) electrons. The third kappa shape index (κ3) is 2.88. The van der Waals surface area contributed by atoms with E-state index >= 15 is 4.39 Å². The Kier molecular flexibility index (Phi) is 3.98. The molecule has 1 aliphatic heterocycles. The Morgan fingerprint density at radius 1 is 1.26 bits per heavy atom. The van der Waals surface area contributed by atoms with Crippen LogP contribution in [0.3, 0.4) is 0 Å². The fourth-order valence-corrected chi connectivity index (χ4v) is 2.97. The Hall–Kier alpha value is -2.50. The fourth-order valence-electron chi connectivity index (χ4n) is 2.97. The molecule has 1 aromatic carbocycles. The van der Waals surface area contributed by atoms with Crippen molar-refractivity contribution in [1.82, 2.24) is 10.2 Å². The molecule has 0 amide bonds. The predicted molar refractivity (Wildman–Crippen MR) is 84.2 cm³/mol. The van der Waals surface area contributed by atoms with Gasteiger partial charge in [0.1, 0.15) is 0 Å². The van der Waals surface area contributed by atoms with E-state index in [2.05, 4.69) is 14.9 Å². The van der Waals surface area contributed by atoms with Gasteiger partial charge in [0.2, 0.25) is 0 Å². The minimum Gasteiger partial charge on any atom is -0.464 e. The van der Waals surface area contributed by atoms with E-state index in [1.54, 1.807) is 12.1 Å². The molecular formula is C17H18FN3O2. The SMILES string of the molecule is COC(=O)c1ccc(N2CCC(F)(c3ccccc3C)C2)nn1. The number of rotatable bonds is 3. The van der Waals surface area contributed by atoms with Crippen molar-refractivity contribution in [2.24, 2.45) is 0 Å². The zero-order valence-corrected chi connectivity index (χ0v) is 13.1. The summed E-state index contributed by atoms with van der Waals surface area (Å²) in [5.74, 6) is 0.0241. The van der Waals surface area contributed by atoms with E-state index in [9.17, 15) is 4.79 Å². The quantitative estimate of drug-likeness (QED) is 0.815. The summed E-state index contributed by atoms with van der Waals surface area (Å²) in [4.78, 5) is 13.2. The highest BCUT2D eigenvalue weighted by atomic mass is 19.1. The smallest absolute Gasteiger partial charge is 0.358 e. The maximum Gasteiger partial charge on any atom is 0.358 e. The summed E-state index contributed by atoms with van der Waals surface area (Å²) in [5.41, 5.74) is 0.417. The summed E-state index contributed by atoms with van der Waals surface area (Å²) in [6.45, 7) is 2.70. The van der Waals surface area contributed by atoms with Crippen molar-refractivity contribution in [2.75, 3.05) is 25.1 Å². The largest absolute Gasteiger partial charge is 0.464 e. The third-order valence-electron chi connectivity index (χ3n) is 4.22. The number of aryl methyl sites for hydroxylation is 1. The minimum absolute atomic E-state index is 0.140. The second-order valence-corrected chi connectivity index (χ2v) is 5.72. The van der Waals surface area contributed by atoms with Gasteiger partial charge in [-0.2, -0.15) is 0 Å². The van der Waals surface area contributed by atoms with Crippen LogP contribution >= 0.6 is 0 Å². The van der Waals surface area contributed by atoms with Gasteiger partial charge in [-0.3, -0.25) is 0 Å². The Bertz CT molecular complexity index is 720. The van der Waals surface area contributed by atoms with Gasteiger partial charge < -0.3 is 9.64 Å². The van der Waals surface area contributed by atoms with Crippen molar-refractivity contribution in [3.8, 4) is 0 Å². The van der Waals surface area contributed by atoms with Crippen LogP contribution in [-0.2, 0) is 10.4 Å². The number of ether oxygens (including phenoxy) is 1. The van der Waals surface area contributed by atoms with Gasteiger partial charge in [-0.1, -0.05) is 24.3 Å². The Labute approximate surface area is 134 Å². The first kappa shape index (κ1) is 15.4. The van der Waals surface area contributed by atoms with Gasteiger partial charge in [-0.25, -0.2) is 9.18 Å². The van der Waals surface area contributed by atoms with E-state index in [0.717, 1.165) is 11.1 Å². The molecule has 2 heterocycles. The fraction of sp³-hybridized carbons (Fsp3) is 0.353. The molecule has 120 valence electrons. The van der Waals surface area contributed by atoms with Gasteiger partial charge >= 0.3 is 5.97 Å². The molecule has 5 nitrogen and oxygen atoms in total. The van der Waals surface area contributed by atoms with Crippen LogP contribution in [0.5, 0.6) is 0 Å². The monoisotopic (exact) mass is 315 g/mol. The number of carbonyl (C=O) groups is 1. The van der Waals surface area contributed by atoms with Gasteiger partial charge in [0, 0.05) is 13.0 Å². The lowest BCUT2D eigenvalue weighted by molar-refractivity contribution is 0.0592. The summed E-state index contributed by atoms with van der Waals surface area (Å²) >= 11 is 0. The Morgan fingerprint density at radius 3 is 2.70 bits per heavy atom. The highest BCUT2D eigenvalue weighted by Gasteiger charge is 2.41. The summed E-state index contributed by atoms with van der Waals surface area (Å²) in [6, 6.07) is 10.7. The van der Waals surface area contributed by atoms with Gasteiger partial charge in [0.15, 0.2) is 17.2 Å². The van der Waals surface area contributed by atoms with Crippen LogP contribution in [0.25, 0.3) is 0 Å². The van der Waals surface area contributed by atoms with E-state index in [1.807, 2.05) is 36.1 Å². The van der Waals surface area contributed by atoms with Gasteiger partial charge in [-0.15, -0.1) is 10.2 Å². The highest BCUT2D eigenvalue weighted by molar-refractivity contribution is 5.87. The van der Waals surface area contributed by atoms with Crippen molar-refractivity contribution in [3.05, 3.63) is 53.2 Å². The maximum atomic E-state index is 15.3. The summed E-state index contributed by atoms with van der Waals surface area (Å²) in [5, 5.41) is 7.86. The number of hydrogen-bond donors (Lipinski definition) is 0. The van der Waals surface area contributed by atoms with Gasteiger partial charge in [-0.05, 0) is 30.2 Å². The summed E-state index contributed by atoms with van der Waals surface area (Å²) in [6.07, 6.45) is 0.401. The average molecular weight is 315 g/mol. The molecule has 0 saturated carbocycles. The molecule has 1 atom stereocenters. The molecule has 0 bridgehead atoms. The standard InChI is InChI=1S/C17H18FN3O2/c1-12-5-3-4-6-13(12)17(18)9-10-21(11-17)15-8-7-14(19-20-15)16(22)23-2/h3-8H,9-11H2,1-2H3. The van der Waals surface area contributed by atoms with Crippen LogP contribution < -0.4 is 4.90 Å². The number of hydrogen-bond acceptors (Lipinski definition) is 5. The van der Waals surface area contributed by atoms with E-state index in [4.69, 9.17) is 0 Å². The molecule has 0 spiro atoms. The molecular weight excluding hydrogens is 297 g/mol. The van der Waals surface area contributed by atoms with Crippen LogP contribution in [0.4, 0.5) is 10.2 Å². The Morgan fingerprint density at radius 2 is 2.04 bits per heavy atom. The second kappa shape index (κ2) is 5.95. The number of benzene rings is 1. The van der Waals surface area contributed by atoms with Crippen molar-refractivity contribution < 1.29 is 13.9 Å². The number of anilines is 1. The molecule has 0 N–H and O–H groups in total. The topological polar surface area (TPSA) is 55.3 Å². The van der Waals surface area contributed by atoms with Crippen molar-refractivity contribution in [2.45, 2.75) is 19.0 Å². The van der Waals surface area contributed by atoms with Crippen molar-refractivity contribution in [1.29, 1.82) is 0 Å². The van der Waals surface area contributed by atoms with Gasteiger partial charge in [0.05, 0.1) is 13.7 Å². The molecule has 1 saturated heterocycles. The van der Waals surface area contributed by atoms with Crippen molar-refractivity contribution in [3.63, 3.8) is 0 Å². The lowest BCUT2D eigenvalue weighted by Gasteiger charge is -2.23. The molecule has 0 aliphatic carbocycles.